The van der Waals surface area contributed by atoms with Crippen molar-refractivity contribution in [1.29, 1.82) is 0 Å². The Morgan fingerprint density at radius 2 is 1.88 bits per heavy atom. The molecule has 2 rings (SSSR count). The summed E-state index contributed by atoms with van der Waals surface area (Å²) in [5, 5.41) is 16.4. The van der Waals surface area contributed by atoms with E-state index in [0.29, 0.717) is 12.8 Å². The summed E-state index contributed by atoms with van der Waals surface area (Å²) in [5.41, 5.74) is 0.565. The predicted octanol–water partition coefficient (Wildman–Crippen LogP) is 3.12. The van der Waals surface area contributed by atoms with Gasteiger partial charge in [0, 0.05) is 17.1 Å². The number of isocyanates is 1. The fourth-order valence-electron chi connectivity index (χ4n) is 3.66. The van der Waals surface area contributed by atoms with Gasteiger partial charge < -0.3 is 10.1 Å². The molecule has 0 spiro atoms. The first-order chi connectivity index (χ1) is 12.1. The van der Waals surface area contributed by atoms with E-state index in [2.05, 4.69) is 10.3 Å². The number of hydrogen-bond acceptors (Lipinski definition) is 5. The number of alkyl carbamates (subject to hydrolysis) is 1. The van der Waals surface area contributed by atoms with Crippen LogP contribution in [0.5, 0.6) is 0 Å². The Kier molecular flexibility index (Phi) is 6.18. The fourth-order valence-corrected chi connectivity index (χ4v) is 3.66. The lowest BCUT2D eigenvalue weighted by atomic mass is 9.79. The first-order valence-electron chi connectivity index (χ1n) is 8.66. The Bertz CT molecular complexity index is 678. The van der Waals surface area contributed by atoms with Crippen molar-refractivity contribution in [3.63, 3.8) is 0 Å². The van der Waals surface area contributed by atoms with Gasteiger partial charge in [-0.1, -0.05) is 24.3 Å². The highest BCUT2D eigenvalue weighted by Gasteiger charge is 2.46. The van der Waals surface area contributed by atoms with Gasteiger partial charge in [0.05, 0.1) is 6.54 Å². The van der Waals surface area contributed by atoms with Gasteiger partial charge in [0.15, 0.2) is 0 Å². The van der Waals surface area contributed by atoms with Crippen LogP contribution in [0.3, 0.4) is 0 Å². The molecule has 0 aliphatic carbocycles. The molecule has 7 heteroatoms. The number of ether oxygens (including phenoxy) is 1. The van der Waals surface area contributed by atoms with Crippen molar-refractivity contribution in [2.45, 2.75) is 70.8 Å². The number of rotatable bonds is 5. The van der Waals surface area contributed by atoms with Crippen LogP contribution in [0.1, 0.15) is 51.7 Å². The molecule has 0 unspecified atom stereocenters. The highest BCUT2D eigenvalue weighted by molar-refractivity contribution is 5.67. The molecule has 141 valence electrons. The summed E-state index contributed by atoms with van der Waals surface area (Å²) in [5.74, 6) is 0. The third-order valence-corrected chi connectivity index (χ3v) is 4.60. The van der Waals surface area contributed by atoms with Gasteiger partial charge in [-0.05, 0) is 51.7 Å². The molecule has 0 saturated carbocycles. The maximum Gasteiger partial charge on any atom is 0.407 e. The van der Waals surface area contributed by atoms with Crippen molar-refractivity contribution in [3.05, 3.63) is 35.4 Å². The van der Waals surface area contributed by atoms with Gasteiger partial charge in [0.2, 0.25) is 6.08 Å². The third-order valence-electron chi connectivity index (χ3n) is 4.60. The SMILES string of the molecule is CC1(C)CC(NC(=O)OCc2cccc(CN=C=O)c2)CC(C)(C)N1[O]. The van der Waals surface area contributed by atoms with Gasteiger partial charge in [-0.2, -0.15) is 0 Å². The zero-order valence-electron chi connectivity index (χ0n) is 15.7. The van der Waals surface area contributed by atoms with Crippen LogP contribution in [0.2, 0.25) is 0 Å². The Labute approximate surface area is 154 Å². The molecule has 1 aromatic carbocycles. The zero-order chi connectivity index (χ0) is 19.4. The first kappa shape index (κ1) is 20.1. The molecule has 1 N–H and O–H groups in total. The van der Waals surface area contributed by atoms with Crippen molar-refractivity contribution < 1.29 is 19.5 Å². The van der Waals surface area contributed by atoms with Gasteiger partial charge >= 0.3 is 6.09 Å². The lowest BCUT2D eigenvalue weighted by molar-refractivity contribution is -0.289. The topological polar surface area (TPSA) is 90.9 Å². The lowest BCUT2D eigenvalue weighted by Crippen LogP contribution is -2.62. The van der Waals surface area contributed by atoms with E-state index < -0.39 is 17.2 Å². The number of carbonyl (C=O) groups excluding carboxylic acids is 2. The minimum absolute atomic E-state index is 0.119. The Morgan fingerprint density at radius 1 is 1.27 bits per heavy atom. The second-order valence-corrected chi connectivity index (χ2v) is 7.97. The Morgan fingerprint density at radius 3 is 2.50 bits per heavy atom. The van der Waals surface area contributed by atoms with E-state index in [1.54, 1.807) is 0 Å². The van der Waals surface area contributed by atoms with Crippen molar-refractivity contribution in [1.82, 2.24) is 10.4 Å². The van der Waals surface area contributed by atoms with E-state index in [4.69, 9.17) is 4.74 Å². The minimum atomic E-state index is -0.548. The van der Waals surface area contributed by atoms with Crippen molar-refractivity contribution >= 4 is 12.2 Å². The van der Waals surface area contributed by atoms with Crippen LogP contribution in [0.4, 0.5) is 4.79 Å². The molecule has 1 heterocycles. The normalized spacial score (nSPS) is 19.4. The van der Waals surface area contributed by atoms with Gasteiger partial charge in [0.25, 0.3) is 0 Å². The minimum Gasteiger partial charge on any atom is -0.445 e. The van der Waals surface area contributed by atoms with Crippen molar-refractivity contribution in [2.24, 2.45) is 4.99 Å². The number of aliphatic imine (C=N–C) groups is 1. The molecule has 1 radical (unpaired) electrons. The quantitative estimate of drug-likeness (QED) is 0.645. The molecule has 7 nitrogen and oxygen atoms in total. The number of hydrogen-bond donors (Lipinski definition) is 1. The van der Waals surface area contributed by atoms with Crippen molar-refractivity contribution in [2.75, 3.05) is 0 Å². The highest BCUT2D eigenvalue weighted by Crippen LogP contribution is 2.36. The second-order valence-electron chi connectivity index (χ2n) is 7.97. The number of nitrogens with zero attached hydrogens (tertiary/aromatic N) is 2. The number of hydroxylamine groups is 2. The van der Waals surface area contributed by atoms with Gasteiger partial charge in [0.1, 0.15) is 6.61 Å². The van der Waals surface area contributed by atoms with Gasteiger partial charge in [-0.3, -0.25) is 0 Å². The fraction of sp³-hybridized carbons (Fsp3) is 0.579. The number of amides is 1. The summed E-state index contributed by atoms with van der Waals surface area (Å²) in [6.07, 6.45) is 2.13. The number of nitrogens with one attached hydrogen (secondary N) is 1. The summed E-state index contributed by atoms with van der Waals surface area (Å²) in [4.78, 5) is 25.9. The van der Waals surface area contributed by atoms with E-state index in [1.807, 2.05) is 52.0 Å². The predicted molar refractivity (Wildman–Crippen MR) is 95.3 cm³/mol. The van der Waals surface area contributed by atoms with Crippen LogP contribution in [-0.2, 0) is 27.9 Å². The summed E-state index contributed by atoms with van der Waals surface area (Å²) in [7, 11) is 0. The smallest absolute Gasteiger partial charge is 0.407 e. The van der Waals surface area contributed by atoms with E-state index in [0.717, 1.165) is 16.2 Å². The number of carbonyl (C=O) groups is 1. The molecule has 1 amide bonds. The lowest BCUT2D eigenvalue weighted by Gasteiger charge is -2.49. The monoisotopic (exact) mass is 360 g/mol. The molecule has 0 atom stereocenters. The zero-order valence-corrected chi connectivity index (χ0v) is 15.7. The maximum absolute atomic E-state index is 12.4. The molecule has 0 aromatic heterocycles. The molecule has 1 aliphatic heterocycles. The third kappa shape index (κ3) is 5.14. The molecule has 1 saturated heterocycles. The maximum atomic E-state index is 12.4. The second kappa shape index (κ2) is 7.99. The standard InChI is InChI=1S/C19H26N3O4/c1-18(2)9-16(10-19(3,4)22(18)25)21-17(24)26-12-15-7-5-6-14(8-15)11-20-13-23/h5-8,16H,9-12H2,1-4H3,(H,21,24). The average Bonchev–Trinajstić information content (AvgIpc) is 2.56. The van der Waals surface area contributed by atoms with E-state index in [-0.39, 0.29) is 19.2 Å². The summed E-state index contributed by atoms with van der Waals surface area (Å²) >= 11 is 0. The highest BCUT2D eigenvalue weighted by atomic mass is 16.5. The van der Waals surface area contributed by atoms with Gasteiger partial charge in [-0.25, -0.2) is 14.6 Å². The van der Waals surface area contributed by atoms with Crippen LogP contribution < -0.4 is 5.32 Å². The van der Waals surface area contributed by atoms with Crippen LogP contribution in [0, 0.1) is 0 Å². The molecule has 0 bridgehead atoms. The van der Waals surface area contributed by atoms with Crippen molar-refractivity contribution in [3.8, 4) is 0 Å². The number of piperidine rings is 1. The van der Waals surface area contributed by atoms with Gasteiger partial charge in [-0.15, -0.1) is 10.3 Å². The van der Waals surface area contributed by atoms with E-state index in [1.165, 1.54) is 6.08 Å². The number of benzene rings is 1. The van der Waals surface area contributed by atoms with E-state index >= 15 is 0 Å². The summed E-state index contributed by atoms with van der Waals surface area (Å²) in [6, 6.07) is 7.21. The van der Waals surface area contributed by atoms with Crippen LogP contribution in [0.15, 0.2) is 29.3 Å². The molecular weight excluding hydrogens is 334 g/mol. The van der Waals surface area contributed by atoms with E-state index in [9.17, 15) is 14.8 Å². The first-order valence-corrected chi connectivity index (χ1v) is 8.66. The average molecular weight is 360 g/mol. The molecular formula is C19H26N3O4. The molecule has 1 fully saturated rings. The summed E-state index contributed by atoms with van der Waals surface area (Å²) in [6.45, 7) is 7.91. The largest absolute Gasteiger partial charge is 0.445 e. The molecule has 1 aliphatic rings. The van der Waals surface area contributed by atoms with Crippen LogP contribution >= 0.6 is 0 Å². The summed E-state index contributed by atoms with van der Waals surface area (Å²) < 4.78 is 5.30. The molecule has 1 aromatic rings. The van der Waals surface area contributed by atoms with Crippen LogP contribution in [0.25, 0.3) is 0 Å². The Balaban J connectivity index is 1.90. The van der Waals surface area contributed by atoms with Crippen LogP contribution in [-0.4, -0.2) is 34.4 Å². The molecule has 26 heavy (non-hydrogen) atoms. The Hall–Kier alpha value is -2.21.